The molecular weight excluding hydrogens is 376 g/mol. The predicted molar refractivity (Wildman–Crippen MR) is 109 cm³/mol. The maximum atomic E-state index is 13.1. The van der Waals surface area contributed by atoms with E-state index in [1.807, 2.05) is 11.8 Å². The molecule has 2 heterocycles. The number of aryl methyl sites for hydroxylation is 1. The molecule has 158 valence electrons. The first-order valence-electron chi connectivity index (χ1n) is 10.7. The molecule has 7 nitrogen and oxygen atoms in total. The van der Waals surface area contributed by atoms with Gasteiger partial charge in [0.1, 0.15) is 11.4 Å². The van der Waals surface area contributed by atoms with Crippen LogP contribution in [0.2, 0.25) is 0 Å². The van der Waals surface area contributed by atoms with E-state index in [4.69, 9.17) is 0 Å². The summed E-state index contributed by atoms with van der Waals surface area (Å²) in [5, 5.41) is 4.44. The largest absolute Gasteiger partial charge is 0.338 e. The van der Waals surface area contributed by atoms with Crippen molar-refractivity contribution in [1.82, 2.24) is 19.0 Å². The first-order valence-corrected chi connectivity index (χ1v) is 12.1. The molecule has 0 N–H and O–H groups in total. The second kappa shape index (κ2) is 8.95. The van der Waals surface area contributed by atoms with Gasteiger partial charge in [-0.05, 0) is 46.5 Å². The molecule has 0 aromatic carbocycles. The van der Waals surface area contributed by atoms with Crippen molar-refractivity contribution >= 4 is 15.9 Å². The Morgan fingerprint density at radius 1 is 1.07 bits per heavy atom. The number of likely N-dealkylation sites (N-methyl/N-ethyl adjacent to an activating group) is 1. The topological polar surface area (TPSA) is 75.5 Å². The number of nitrogens with zero attached hydrogens (tertiary/aromatic N) is 4. The number of carbonyl (C=O) groups excluding carboxylic acids is 1. The van der Waals surface area contributed by atoms with Gasteiger partial charge in [-0.15, -0.1) is 0 Å². The third-order valence-electron chi connectivity index (χ3n) is 6.19. The van der Waals surface area contributed by atoms with Crippen LogP contribution in [-0.2, 0) is 21.4 Å². The Labute approximate surface area is 169 Å². The highest BCUT2D eigenvalue weighted by atomic mass is 32.2. The number of amides is 1. The van der Waals surface area contributed by atoms with Crippen LogP contribution in [0.3, 0.4) is 0 Å². The van der Waals surface area contributed by atoms with Gasteiger partial charge in [0.15, 0.2) is 0 Å². The first-order chi connectivity index (χ1) is 13.4. The van der Waals surface area contributed by atoms with Crippen molar-refractivity contribution in [2.45, 2.75) is 89.6 Å². The Balaban J connectivity index is 1.80. The van der Waals surface area contributed by atoms with E-state index in [1.165, 1.54) is 19.3 Å². The van der Waals surface area contributed by atoms with Gasteiger partial charge in [0.05, 0.1) is 11.4 Å². The van der Waals surface area contributed by atoms with E-state index in [2.05, 4.69) is 5.10 Å². The molecule has 28 heavy (non-hydrogen) atoms. The van der Waals surface area contributed by atoms with Gasteiger partial charge in [-0.3, -0.25) is 9.48 Å². The van der Waals surface area contributed by atoms with Gasteiger partial charge < -0.3 is 4.90 Å². The van der Waals surface area contributed by atoms with Gasteiger partial charge in [-0.2, -0.15) is 9.40 Å². The third-order valence-corrected chi connectivity index (χ3v) is 8.34. The Bertz CT molecular complexity index is 791. The lowest BCUT2D eigenvalue weighted by atomic mass is 9.94. The highest BCUT2D eigenvalue weighted by Crippen LogP contribution is 2.27. The summed E-state index contributed by atoms with van der Waals surface area (Å²) in [7, 11) is -3.56. The van der Waals surface area contributed by atoms with Crippen molar-refractivity contribution in [3.63, 3.8) is 0 Å². The zero-order valence-corrected chi connectivity index (χ0v) is 18.3. The Morgan fingerprint density at radius 3 is 2.29 bits per heavy atom. The average molecular weight is 411 g/mol. The van der Waals surface area contributed by atoms with Crippen molar-refractivity contribution < 1.29 is 13.2 Å². The third kappa shape index (κ3) is 4.27. The molecule has 0 atom stereocenters. The minimum absolute atomic E-state index is 0.0296. The number of carbonyl (C=O) groups is 1. The van der Waals surface area contributed by atoms with E-state index in [0.29, 0.717) is 37.1 Å². The minimum atomic E-state index is -3.56. The molecule has 1 aromatic heterocycles. The molecule has 0 bridgehead atoms. The van der Waals surface area contributed by atoms with Crippen LogP contribution in [0.4, 0.5) is 0 Å². The summed E-state index contributed by atoms with van der Waals surface area (Å²) in [6, 6.07) is 0.305. The molecule has 3 rings (SSSR count). The smallest absolute Gasteiger partial charge is 0.246 e. The lowest BCUT2D eigenvalue weighted by Gasteiger charge is -2.33. The molecule has 1 aliphatic heterocycles. The van der Waals surface area contributed by atoms with Crippen LogP contribution in [0.25, 0.3) is 0 Å². The number of rotatable bonds is 6. The van der Waals surface area contributed by atoms with Crippen molar-refractivity contribution in [3.8, 4) is 0 Å². The summed E-state index contributed by atoms with van der Waals surface area (Å²) >= 11 is 0. The van der Waals surface area contributed by atoms with E-state index >= 15 is 0 Å². The van der Waals surface area contributed by atoms with Gasteiger partial charge >= 0.3 is 0 Å². The lowest BCUT2D eigenvalue weighted by Crippen LogP contribution is -2.43. The fourth-order valence-corrected chi connectivity index (χ4v) is 6.58. The summed E-state index contributed by atoms with van der Waals surface area (Å²) < 4.78 is 29.4. The minimum Gasteiger partial charge on any atom is -0.338 e. The summed E-state index contributed by atoms with van der Waals surface area (Å²) in [6.07, 6.45) is 8.59. The standard InChI is InChI=1S/C20H34N4O3S/c1-4-23(18-11-7-5-8-12-18)19(25)15-24-17(3)20(16(2)21-24)28(26,27)22-13-9-6-10-14-22/h18H,4-15H2,1-3H3. The average Bonchev–Trinajstić information content (AvgIpc) is 2.97. The molecular formula is C20H34N4O3S. The molecule has 1 aromatic rings. The molecule has 1 amide bonds. The maximum absolute atomic E-state index is 13.1. The second-order valence-electron chi connectivity index (χ2n) is 8.09. The lowest BCUT2D eigenvalue weighted by molar-refractivity contribution is -0.134. The van der Waals surface area contributed by atoms with E-state index in [9.17, 15) is 13.2 Å². The maximum Gasteiger partial charge on any atom is 0.246 e. The van der Waals surface area contributed by atoms with Crippen LogP contribution in [0, 0.1) is 13.8 Å². The molecule has 0 unspecified atom stereocenters. The zero-order chi connectivity index (χ0) is 20.3. The molecule has 8 heteroatoms. The Hall–Kier alpha value is -1.41. The van der Waals surface area contributed by atoms with Gasteiger partial charge in [-0.1, -0.05) is 25.7 Å². The molecule has 0 spiro atoms. The second-order valence-corrected chi connectivity index (χ2v) is 9.97. The molecule has 2 aliphatic rings. The van der Waals surface area contributed by atoms with Crippen LogP contribution < -0.4 is 0 Å². The summed E-state index contributed by atoms with van der Waals surface area (Å²) in [6.45, 7) is 7.42. The predicted octanol–water partition coefficient (Wildman–Crippen LogP) is 2.86. The molecule has 2 fully saturated rings. The zero-order valence-electron chi connectivity index (χ0n) is 17.5. The van der Waals surface area contributed by atoms with Crippen LogP contribution >= 0.6 is 0 Å². The van der Waals surface area contributed by atoms with Crippen LogP contribution in [0.5, 0.6) is 0 Å². The van der Waals surface area contributed by atoms with Crippen molar-refractivity contribution in [2.75, 3.05) is 19.6 Å². The number of sulfonamides is 1. The molecule has 1 saturated heterocycles. The van der Waals surface area contributed by atoms with E-state index in [0.717, 1.165) is 32.1 Å². The van der Waals surface area contributed by atoms with Crippen LogP contribution in [0.1, 0.15) is 69.7 Å². The van der Waals surface area contributed by atoms with Crippen molar-refractivity contribution in [3.05, 3.63) is 11.4 Å². The van der Waals surface area contributed by atoms with Crippen molar-refractivity contribution in [2.24, 2.45) is 0 Å². The summed E-state index contributed by atoms with van der Waals surface area (Å²) in [4.78, 5) is 15.2. The van der Waals surface area contributed by atoms with Crippen molar-refractivity contribution in [1.29, 1.82) is 0 Å². The summed E-state index contributed by atoms with van der Waals surface area (Å²) in [5.74, 6) is 0.0296. The van der Waals surface area contributed by atoms with E-state index in [-0.39, 0.29) is 17.3 Å². The van der Waals surface area contributed by atoms with Gasteiger partial charge in [0.2, 0.25) is 15.9 Å². The van der Waals surface area contributed by atoms with Gasteiger partial charge in [0, 0.05) is 25.7 Å². The molecule has 1 saturated carbocycles. The highest BCUT2D eigenvalue weighted by molar-refractivity contribution is 7.89. The van der Waals surface area contributed by atoms with Gasteiger partial charge in [-0.25, -0.2) is 8.42 Å². The highest BCUT2D eigenvalue weighted by Gasteiger charge is 2.32. The molecule has 0 radical (unpaired) electrons. The fraction of sp³-hybridized carbons (Fsp3) is 0.800. The number of hydrogen-bond acceptors (Lipinski definition) is 4. The monoisotopic (exact) mass is 410 g/mol. The quantitative estimate of drug-likeness (QED) is 0.723. The molecule has 1 aliphatic carbocycles. The fourth-order valence-electron chi connectivity index (χ4n) is 4.69. The number of piperidine rings is 1. The summed E-state index contributed by atoms with van der Waals surface area (Å²) in [5.41, 5.74) is 1.05. The first kappa shape index (κ1) is 21.3. The normalized spacial score (nSPS) is 19.7. The SMILES string of the molecule is CCN(C(=O)Cn1nc(C)c(S(=O)(=O)N2CCCCC2)c1C)C1CCCCC1. The van der Waals surface area contributed by atoms with Gasteiger partial charge in [0.25, 0.3) is 0 Å². The van der Waals surface area contributed by atoms with Crippen LogP contribution in [0.15, 0.2) is 4.90 Å². The Morgan fingerprint density at radius 2 is 1.68 bits per heavy atom. The Kier molecular flexibility index (Phi) is 6.81. The van der Waals surface area contributed by atoms with E-state index < -0.39 is 10.0 Å². The number of hydrogen-bond donors (Lipinski definition) is 0. The van der Waals surface area contributed by atoms with Crippen LogP contribution in [-0.4, -0.2) is 59.0 Å². The van der Waals surface area contributed by atoms with E-state index in [1.54, 1.807) is 22.8 Å². The number of aromatic nitrogens is 2.